The number of hydrogen-bond donors (Lipinski definition) is 2. The van der Waals surface area contributed by atoms with E-state index in [0.29, 0.717) is 23.7 Å². The number of nitrogens with zero attached hydrogens (tertiary/aromatic N) is 4. The number of aliphatic hydroxyl groups excluding tert-OH is 1. The minimum atomic E-state index is -1.06. The molecule has 3 atom stereocenters. The molecule has 2 N–H and O–H groups in total. The fourth-order valence-corrected chi connectivity index (χ4v) is 6.39. The van der Waals surface area contributed by atoms with Crippen molar-refractivity contribution in [1.29, 1.82) is 0 Å². The van der Waals surface area contributed by atoms with Crippen molar-refractivity contribution in [3.05, 3.63) is 35.5 Å². The number of anilines is 3. The summed E-state index contributed by atoms with van der Waals surface area (Å²) in [5.41, 5.74) is 3.19. The highest BCUT2D eigenvalue weighted by Crippen LogP contribution is 2.42. The van der Waals surface area contributed by atoms with Crippen LogP contribution in [0.15, 0.2) is 29.2 Å². The van der Waals surface area contributed by atoms with Gasteiger partial charge in [0, 0.05) is 37.0 Å². The first kappa shape index (κ1) is 18.6. The smallest absolute Gasteiger partial charge is 0.227 e. The van der Waals surface area contributed by atoms with Gasteiger partial charge in [0.2, 0.25) is 5.95 Å². The number of nitrogens with one attached hydrogen (secondary N) is 1. The molecular weight excluding hydrogens is 398 g/mol. The van der Waals surface area contributed by atoms with Gasteiger partial charge in [0.1, 0.15) is 10.7 Å². The first-order chi connectivity index (χ1) is 14.5. The Balaban J connectivity index is 1.28. The van der Waals surface area contributed by atoms with Crippen molar-refractivity contribution < 1.29 is 9.32 Å². The first-order valence-electron chi connectivity index (χ1n) is 10.8. The molecule has 3 aliphatic heterocycles. The quantitative estimate of drug-likeness (QED) is 0.757. The van der Waals surface area contributed by atoms with Gasteiger partial charge < -0.3 is 20.2 Å². The molecule has 6 rings (SSSR count). The zero-order valence-electron chi connectivity index (χ0n) is 17.2. The van der Waals surface area contributed by atoms with Gasteiger partial charge in [-0.25, -0.2) is 4.98 Å². The van der Waals surface area contributed by atoms with Crippen LogP contribution in [0.3, 0.4) is 0 Å². The Morgan fingerprint density at radius 2 is 1.90 bits per heavy atom. The zero-order valence-corrected chi connectivity index (χ0v) is 18.0. The normalized spacial score (nSPS) is 28.1. The summed E-state index contributed by atoms with van der Waals surface area (Å²) >= 11 is 0. The van der Waals surface area contributed by atoms with E-state index in [1.165, 1.54) is 11.3 Å². The Morgan fingerprint density at radius 3 is 2.57 bits per heavy atom. The maximum absolute atomic E-state index is 12.6. The molecule has 8 heteroatoms. The monoisotopic (exact) mass is 425 g/mol. The topological polar surface area (TPSA) is 81.6 Å². The summed E-state index contributed by atoms with van der Waals surface area (Å²) in [7, 11) is -1.06. The Labute approximate surface area is 179 Å². The number of piperazine rings is 1. The molecular formula is C22H27N5O2S. The molecule has 3 fully saturated rings. The molecule has 0 spiro atoms. The minimum absolute atomic E-state index is 0.0771. The Bertz CT molecular complexity index is 1020. The van der Waals surface area contributed by atoms with Crippen molar-refractivity contribution >= 4 is 28.3 Å². The van der Waals surface area contributed by atoms with Crippen LogP contribution in [0.1, 0.15) is 30.5 Å². The third-order valence-electron chi connectivity index (χ3n) is 7.08. The van der Waals surface area contributed by atoms with Crippen LogP contribution in [0.2, 0.25) is 0 Å². The van der Waals surface area contributed by atoms with Crippen molar-refractivity contribution in [1.82, 2.24) is 9.97 Å². The van der Waals surface area contributed by atoms with Crippen molar-refractivity contribution in [3.8, 4) is 0 Å². The summed E-state index contributed by atoms with van der Waals surface area (Å²) in [6, 6.07) is 9.64. The Morgan fingerprint density at radius 1 is 1.17 bits per heavy atom. The molecule has 0 amide bonds. The predicted molar refractivity (Wildman–Crippen MR) is 118 cm³/mol. The fraction of sp³-hybridized carbons (Fsp3) is 0.545. The number of rotatable bonds is 5. The lowest BCUT2D eigenvalue weighted by molar-refractivity contribution is 0.265. The zero-order chi connectivity index (χ0) is 20.5. The molecule has 2 bridgehead atoms. The largest absolute Gasteiger partial charge is 0.394 e. The molecule has 1 aromatic heterocycles. The van der Waals surface area contributed by atoms with Gasteiger partial charge in [-0.2, -0.15) is 4.98 Å². The maximum Gasteiger partial charge on any atom is 0.227 e. The molecule has 2 unspecified atom stereocenters. The Kier molecular flexibility index (Phi) is 4.12. The van der Waals surface area contributed by atoms with Gasteiger partial charge in [-0.15, -0.1) is 0 Å². The molecule has 4 heterocycles. The van der Waals surface area contributed by atoms with Crippen LogP contribution in [0, 0.1) is 6.92 Å². The number of fused-ring (bicyclic) bond motifs is 3. The van der Waals surface area contributed by atoms with Crippen LogP contribution >= 0.6 is 0 Å². The number of hydrogen-bond acceptors (Lipinski definition) is 7. The second-order valence-electron chi connectivity index (χ2n) is 9.19. The third-order valence-corrected chi connectivity index (χ3v) is 8.54. The molecule has 1 saturated carbocycles. The van der Waals surface area contributed by atoms with Gasteiger partial charge in [-0.05, 0) is 38.3 Å². The van der Waals surface area contributed by atoms with Crippen LogP contribution in [0.4, 0.5) is 17.5 Å². The van der Waals surface area contributed by atoms with Crippen molar-refractivity contribution in [2.75, 3.05) is 40.6 Å². The van der Waals surface area contributed by atoms with E-state index in [1.807, 2.05) is 0 Å². The minimum Gasteiger partial charge on any atom is -0.394 e. The van der Waals surface area contributed by atoms with Crippen molar-refractivity contribution in [2.45, 2.75) is 55.1 Å². The standard InChI is InChI=1S/C22H27N5O2S/c1-14-2-4-15(5-3-14)26-11-17-10-16(26)12-27(17)21-23-18-6-9-30(29)19(18)20(24-21)25-22(13-28)7-8-22/h2-5,16-17,28H,6-13H2,1H3,(H,23,24,25)/t16-,17?,30?/m1/s1. The molecule has 4 aliphatic rings. The van der Waals surface area contributed by atoms with E-state index in [0.717, 1.165) is 55.3 Å². The first-order valence-corrected chi connectivity index (χ1v) is 12.2. The molecule has 0 radical (unpaired) electrons. The maximum atomic E-state index is 12.6. The third kappa shape index (κ3) is 2.92. The summed E-state index contributed by atoms with van der Waals surface area (Å²) in [5.74, 6) is 2.04. The molecule has 1 aromatic carbocycles. The van der Waals surface area contributed by atoms with Gasteiger partial charge in [-0.3, -0.25) is 4.21 Å². The summed E-state index contributed by atoms with van der Waals surface area (Å²) in [6.07, 6.45) is 3.69. The molecule has 2 saturated heterocycles. The van der Waals surface area contributed by atoms with E-state index in [4.69, 9.17) is 9.97 Å². The van der Waals surface area contributed by atoms with Gasteiger partial charge in [0.15, 0.2) is 0 Å². The van der Waals surface area contributed by atoms with E-state index >= 15 is 0 Å². The lowest BCUT2D eigenvalue weighted by Gasteiger charge is -2.36. The molecule has 2 aromatic rings. The highest BCUT2D eigenvalue weighted by atomic mass is 32.2. The second kappa shape index (κ2) is 6.65. The highest BCUT2D eigenvalue weighted by molar-refractivity contribution is 7.85. The van der Waals surface area contributed by atoms with Crippen LogP contribution in [-0.2, 0) is 17.2 Å². The van der Waals surface area contributed by atoms with Crippen LogP contribution in [0.25, 0.3) is 0 Å². The fourth-order valence-electron chi connectivity index (χ4n) is 5.09. The number of aromatic nitrogens is 2. The summed E-state index contributed by atoms with van der Waals surface area (Å²) in [6.45, 7) is 4.08. The van der Waals surface area contributed by atoms with E-state index in [-0.39, 0.29) is 12.1 Å². The van der Waals surface area contributed by atoms with Crippen molar-refractivity contribution in [3.63, 3.8) is 0 Å². The lowest BCUT2D eigenvalue weighted by Crippen LogP contribution is -2.47. The highest BCUT2D eigenvalue weighted by Gasteiger charge is 2.46. The van der Waals surface area contributed by atoms with E-state index in [9.17, 15) is 9.32 Å². The summed E-state index contributed by atoms with van der Waals surface area (Å²) < 4.78 is 12.6. The lowest BCUT2D eigenvalue weighted by atomic mass is 10.2. The van der Waals surface area contributed by atoms with Gasteiger partial charge in [0.05, 0.1) is 34.7 Å². The van der Waals surface area contributed by atoms with Crippen LogP contribution < -0.4 is 15.1 Å². The number of aliphatic hydroxyl groups is 1. The summed E-state index contributed by atoms with van der Waals surface area (Å²) in [4.78, 5) is 15.3. The average molecular weight is 426 g/mol. The Hall–Kier alpha value is -2.19. The molecule has 7 nitrogen and oxygen atoms in total. The van der Waals surface area contributed by atoms with Gasteiger partial charge in [0.25, 0.3) is 0 Å². The van der Waals surface area contributed by atoms with E-state index < -0.39 is 10.8 Å². The second-order valence-corrected chi connectivity index (χ2v) is 10.7. The molecule has 158 valence electrons. The van der Waals surface area contributed by atoms with E-state index in [1.54, 1.807) is 0 Å². The number of benzene rings is 1. The van der Waals surface area contributed by atoms with E-state index in [2.05, 4.69) is 46.3 Å². The molecule has 30 heavy (non-hydrogen) atoms. The van der Waals surface area contributed by atoms with Gasteiger partial charge in [-0.1, -0.05) is 17.7 Å². The average Bonchev–Trinajstić information content (AvgIpc) is 3.07. The van der Waals surface area contributed by atoms with Crippen molar-refractivity contribution in [2.24, 2.45) is 0 Å². The van der Waals surface area contributed by atoms with Gasteiger partial charge >= 0.3 is 0 Å². The summed E-state index contributed by atoms with van der Waals surface area (Å²) in [5, 5.41) is 13.2. The van der Waals surface area contributed by atoms with Crippen LogP contribution in [0.5, 0.6) is 0 Å². The predicted octanol–water partition coefficient (Wildman–Crippen LogP) is 1.85. The SMILES string of the molecule is Cc1ccc(N2CC3C[C@@H]2CN3c2nc3c(c(NC4(CO)CC4)n2)S(=O)CC3)cc1. The molecule has 1 aliphatic carbocycles. The number of aryl methyl sites for hydroxylation is 2. The van der Waals surface area contributed by atoms with Crippen LogP contribution in [-0.4, -0.2) is 62.4 Å².